The van der Waals surface area contributed by atoms with Crippen LogP contribution >= 0.6 is 11.8 Å². The average molecular weight is 407 g/mol. The van der Waals surface area contributed by atoms with E-state index in [1.54, 1.807) is 10.6 Å². The van der Waals surface area contributed by atoms with E-state index in [2.05, 4.69) is 15.5 Å². The monoisotopic (exact) mass is 407 g/mol. The Morgan fingerprint density at radius 1 is 1.10 bits per heavy atom. The molecule has 7 nitrogen and oxygen atoms in total. The predicted molar refractivity (Wildman–Crippen MR) is 115 cm³/mol. The zero-order valence-corrected chi connectivity index (χ0v) is 17.2. The van der Waals surface area contributed by atoms with Gasteiger partial charge in [-0.25, -0.2) is 4.57 Å². The van der Waals surface area contributed by atoms with Crippen LogP contribution in [0.2, 0.25) is 0 Å². The van der Waals surface area contributed by atoms with Gasteiger partial charge >= 0.3 is 0 Å². The molecular weight excluding hydrogens is 386 g/mol. The molecular formula is C21H21N5O2S. The highest BCUT2D eigenvalue weighted by atomic mass is 32.2. The molecule has 1 N–H and O–H groups in total. The summed E-state index contributed by atoms with van der Waals surface area (Å²) in [6, 6.07) is 15.1. The third-order valence-corrected chi connectivity index (χ3v) is 5.40. The SMILES string of the molecule is Cc1ccc(-n2c(=O)c3ccccc3n3c(SCC(=O)NC(C)C)nnc23)cc1. The first-order valence-corrected chi connectivity index (χ1v) is 10.3. The molecule has 0 fully saturated rings. The van der Waals surface area contributed by atoms with Gasteiger partial charge < -0.3 is 5.32 Å². The summed E-state index contributed by atoms with van der Waals surface area (Å²) in [5, 5.41) is 12.6. The number of amides is 1. The molecule has 2 aromatic carbocycles. The maximum Gasteiger partial charge on any atom is 0.267 e. The summed E-state index contributed by atoms with van der Waals surface area (Å²) in [7, 11) is 0. The highest BCUT2D eigenvalue weighted by molar-refractivity contribution is 7.99. The molecule has 0 aliphatic rings. The fourth-order valence-electron chi connectivity index (χ4n) is 3.19. The van der Waals surface area contributed by atoms with Crippen molar-refractivity contribution < 1.29 is 4.79 Å². The van der Waals surface area contributed by atoms with Crippen LogP contribution in [0.15, 0.2) is 58.5 Å². The van der Waals surface area contributed by atoms with Crippen LogP contribution in [-0.2, 0) is 4.79 Å². The summed E-state index contributed by atoms with van der Waals surface area (Å²) >= 11 is 1.30. The molecule has 8 heteroatoms. The van der Waals surface area contributed by atoms with Crippen molar-refractivity contribution in [3.05, 3.63) is 64.4 Å². The van der Waals surface area contributed by atoms with Crippen molar-refractivity contribution in [3.8, 4) is 5.69 Å². The number of thioether (sulfide) groups is 1. The summed E-state index contributed by atoms with van der Waals surface area (Å²) in [5.74, 6) is 0.568. The second-order valence-corrected chi connectivity index (χ2v) is 8.06. The van der Waals surface area contributed by atoms with Crippen molar-refractivity contribution in [3.63, 3.8) is 0 Å². The van der Waals surface area contributed by atoms with Crippen LogP contribution in [-0.4, -0.2) is 36.9 Å². The van der Waals surface area contributed by atoms with Gasteiger partial charge in [0.25, 0.3) is 5.56 Å². The van der Waals surface area contributed by atoms with Crippen LogP contribution in [0, 0.1) is 6.92 Å². The van der Waals surface area contributed by atoms with Gasteiger partial charge in [-0.15, -0.1) is 10.2 Å². The molecule has 1 amide bonds. The minimum Gasteiger partial charge on any atom is -0.353 e. The molecule has 2 aromatic heterocycles. The Labute approximate surface area is 171 Å². The Balaban J connectivity index is 1.89. The second-order valence-electron chi connectivity index (χ2n) is 7.12. The molecule has 29 heavy (non-hydrogen) atoms. The summed E-state index contributed by atoms with van der Waals surface area (Å²) in [6.07, 6.45) is 0. The molecule has 0 radical (unpaired) electrons. The van der Waals surface area contributed by atoms with Gasteiger partial charge in [0.1, 0.15) is 0 Å². The van der Waals surface area contributed by atoms with Crippen molar-refractivity contribution >= 4 is 34.3 Å². The van der Waals surface area contributed by atoms with E-state index in [-0.39, 0.29) is 23.3 Å². The molecule has 148 valence electrons. The van der Waals surface area contributed by atoms with E-state index in [1.807, 2.05) is 67.6 Å². The lowest BCUT2D eigenvalue weighted by Crippen LogP contribution is -2.31. The smallest absolute Gasteiger partial charge is 0.267 e. The molecule has 4 rings (SSSR count). The number of carbonyl (C=O) groups is 1. The third kappa shape index (κ3) is 3.63. The normalized spacial score (nSPS) is 11.4. The summed E-state index contributed by atoms with van der Waals surface area (Å²) in [6.45, 7) is 5.84. The standard InChI is InChI=1S/C21H21N5O2S/c1-13(2)22-18(27)12-29-21-24-23-20-25(15-10-8-14(3)9-11-15)19(28)16-6-4-5-7-17(16)26(20)21/h4-11,13H,12H2,1-3H3,(H,22,27). The average Bonchev–Trinajstić information content (AvgIpc) is 3.11. The topological polar surface area (TPSA) is 81.3 Å². The number of para-hydroxylation sites is 1. The first-order chi connectivity index (χ1) is 14.0. The molecule has 0 aliphatic heterocycles. The van der Waals surface area contributed by atoms with E-state index in [4.69, 9.17) is 0 Å². The molecule has 0 atom stereocenters. The maximum atomic E-state index is 13.2. The van der Waals surface area contributed by atoms with Gasteiger partial charge in [-0.2, -0.15) is 0 Å². The number of aromatic nitrogens is 4. The minimum absolute atomic E-state index is 0.0714. The number of benzene rings is 2. The van der Waals surface area contributed by atoms with Crippen LogP contribution in [0.1, 0.15) is 19.4 Å². The number of aryl methyl sites for hydroxylation is 1. The number of fused-ring (bicyclic) bond motifs is 3. The van der Waals surface area contributed by atoms with Gasteiger partial charge in [0.05, 0.1) is 22.3 Å². The predicted octanol–water partition coefficient (Wildman–Crippen LogP) is 2.96. The van der Waals surface area contributed by atoms with Gasteiger partial charge in [-0.3, -0.25) is 14.0 Å². The van der Waals surface area contributed by atoms with Crippen LogP contribution in [0.4, 0.5) is 0 Å². The van der Waals surface area contributed by atoms with Gasteiger partial charge in [-0.05, 0) is 45.0 Å². The zero-order valence-electron chi connectivity index (χ0n) is 16.4. The molecule has 0 unspecified atom stereocenters. The molecule has 0 spiro atoms. The number of nitrogens with one attached hydrogen (secondary N) is 1. The van der Waals surface area contributed by atoms with Crippen LogP contribution in [0.5, 0.6) is 0 Å². The van der Waals surface area contributed by atoms with Gasteiger partial charge in [0.2, 0.25) is 11.7 Å². The Morgan fingerprint density at radius 2 is 1.83 bits per heavy atom. The second kappa shape index (κ2) is 7.71. The van der Waals surface area contributed by atoms with Crippen molar-refractivity contribution in [2.24, 2.45) is 0 Å². The number of hydrogen-bond donors (Lipinski definition) is 1. The molecule has 0 aliphatic carbocycles. The Kier molecular flexibility index (Phi) is 5.10. The lowest BCUT2D eigenvalue weighted by molar-refractivity contribution is -0.119. The summed E-state index contributed by atoms with van der Waals surface area (Å²) in [4.78, 5) is 25.3. The van der Waals surface area contributed by atoms with Crippen molar-refractivity contribution in [2.75, 3.05) is 5.75 Å². The van der Waals surface area contributed by atoms with Gasteiger partial charge in [0.15, 0.2) is 5.16 Å². The third-order valence-electron chi connectivity index (χ3n) is 4.47. The number of nitrogens with zero attached hydrogens (tertiary/aromatic N) is 4. The first kappa shape index (κ1) is 19.2. The van der Waals surface area contributed by atoms with Crippen molar-refractivity contribution in [2.45, 2.75) is 32.0 Å². The van der Waals surface area contributed by atoms with Crippen LogP contribution in [0.3, 0.4) is 0 Å². The lowest BCUT2D eigenvalue weighted by Gasteiger charge is -2.12. The first-order valence-electron chi connectivity index (χ1n) is 9.34. The van der Waals surface area contributed by atoms with E-state index < -0.39 is 0 Å². The van der Waals surface area contributed by atoms with E-state index in [1.165, 1.54) is 11.8 Å². The highest BCUT2D eigenvalue weighted by Crippen LogP contribution is 2.23. The van der Waals surface area contributed by atoms with Gasteiger partial charge in [-0.1, -0.05) is 41.6 Å². The largest absolute Gasteiger partial charge is 0.353 e. The lowest BCUT2D eigenvalue weighted by atomic mass is 10.2. The highest BCUT2D eigenvalue weighted by Gasteiger charge is 2.18. The van der Waals surface area contributed by atoms with E-state index in [0.717, 1.165) is 11.3 Å². The Hall–Kier alpha value is -3.13. The van der Waals surface area contributed by atoms with Crippen molar-refractivity contribution in [1.29, 1.82) is 0 Å². The van der Waals surface area contributed by atoms with E-state index in [0.29, 0.717) is 21.8 Å². The fraction of sp³-hybridized carbons (Fsp3) is 0.238. The quantitative estimate of drug-likeness (QED) is 0.515. The van der Waals surface area contributed by atoms with E-state index in [9.17, 15) is 9.59 Å². The maximum absolute atomic E-state index is 13.2. The molecule has 0 saturated carbocycles. The van der Waals surface area contributed by atoms with Gasteiger partial charge in [0, 0.05) is 6.04 Å². The molecule has 0 saturated heterocycles. The number of carbonyl (C=O) groups excluding carboxylic acids is 1. The zero-order chi connectivity index (χ0) is 20.5. The fourth-order valence-corrected chi connectivity index (χ4v) is 3.94. The summed E-state index contributed by atoms with van der Waals surface area (Å²) < 4.78 is 3.40. The van der Waals surface area contributed by atoms with Crippen LogP contribution < -0.4 is 10.9 Å². The Morgan fingerprint density at radius 3 is 2.55 bits per heavy atom. The minimum atomic E-state index is -0.154. The van der Waals surface area contributed by atoms with Crippen LogP contribution in [0.25, 0.3) is 22.4 Å². The number of rotatable bonds is 5. The number of hydrogen-bond acceptors (Lipinski definition) is 5. The Bertz CT molecular complexity index is 1260. The summed E-state index contributed by atoms with van der Waals surface area (Å²) in [5.41, 5.74) is 2.39. The van der Waals surface area contributed by atoms with Crippen molar-refractivity contribution in [1.82, 2.24) is 24.5 Å². The molecule has 2 heterocycles. The van der Waals surface area contributed by atoms with E-state index >= 15 is 0 Å². The molecule has 4 aromatic rings. The molecule has 0 bridgehead atoms.